The van der Waals surface area contributed by atoms with Crippen LogP contribution in [0.4, 0.5) is 0 Å². The van der Waals surface area contributed by atoms with Crippen LogP contribution in [0.25, 0.3) is 0 Å². The Morgan fingerprint density at radius 2 is 2.21 bits per heavy atom. The quantitative estimate of drug-likeness (QED) is 0.869. The topological polar surface area (TPSA) is 37.3 Å². The normalized spacial score (nSPS) is 27.2. The number of hydrogen-bond acceptors (Lipinski definition) is 1. The lowest BCUT2D eigenvalue weighted by atomic mass is 9.67. The number of rotatable bonds is 3. The third-order valence-electron chi connectivity index (χ3n) is 4.09. The predicted molar refractivity (Wildman–Crippen MR) is 77.9 cm³/mol. The van der Waals surface area contributed by atoms with Gasteiger partial charge in [-0.25, -0.2) is 0 Å². The molecule has 19 heavy (non-hydrogen) atoms. The molecule has 0 spiro atoms. The van der Waals surface area contributed by atoms with Gasteiger partial charge in [-0.15, -0.1) is 0 Å². The molecule has 2 nitrogen and oxygen atoms in total. The molecule has 1 aliphatic carbocycles. The van der Waals surface area contributed by atoms with Crippen LogP contribution >= 0.6 is 23.2 Å². The fourth-order valence-corrected chi connectivity index (χ4v) is 3.60. The van der Waals surface area contributed by atoms with Crippen LogP contribution in [0.2, 0.25) is 10.0 Å². The second-order valence-electron chi connectivity index (χ2n) is 5.70. The van der Waals surface area contributed by atoms with E-state index in [-0.39, 0.29) is 0 Å². The highest BCUT2D eigenvalue weighted by molar-refractivity contribution is 6.35. The summed E-state index contributed by atoms with van der Waals surface area (Å²) >= 11 is 12.1. The third kappa shape index (κ3) is 3.24. The van der Waals surface area contributed by atoms with Crippen LogP contribution in [0, 0.1) is 11.3 Å². The maximum absolute atomic E-state index is 11.7. The second kappa shape index (κ2) is 5.72. The summed E-state index contributed by atoms with van der Waals surface area (Å²) < 4.78 is 0. The largest absolute Gasteiger partial charge is 0.481 e. The van der Waals surface area contributed by atoms with Gasteiger partial charge in [0.1, 0.15) is 0 Å². The molecule has 1 N–H and O–H groups in total. The summed E-state index contributed by atoms with van der Waals surface area (Å²) in [7, 11) is 0. The van der Waals surface area contributed by atoms with Crippen LogP contribution in [0.3, 0.4) is 0 Å². The molecular formula is C15H18Cl2O2. The summed E-state index contributed by atoms with van der Waals surface area (Å²) in [5.74, 6) is -0.249. The first kappa shape index (κ1) is 14.7. The lowest BCUT2D eigenvalue weighted by Crippen LogP contribution is -2.38. The lowest BCUT2D eigenvalue weighted by molar-refractivity contribution is -0.152. The average Bonchev–Trinajstić information content (AvgIpc) is 2.33. The minimum absolute atomic E-state index is 0.455. The molecule has 0 aromatic heterocycles. The SMILES string of the molecule is CC1CCCC(Cc2ccc(Cl)cc2Cl)(C(=O)O)C1. The highest BCUT2D eigenvalue weighted by Crippen LogP contribution is 2.43. The number of carboxylic acid groups (broad SMARTS) is 1. The van der Waals surface area contributed by atoms with E-state index in [1.54, 1.807) is 12.1 Å². The Morgan fingerprint density at radius 3 is 2.79 bits per heavy atom. The zero-order valence-corrected chi connectivity index (χ0v) is 12.5. The molecule has 0 heterocycles. The summed E-state index contributed by atoms with van der Waals surface area (Å²) in [4.78, 5) is 11.7. The highest BCUT2D eigenvalue weighted by Gasteiger charge is 2.42. The fraction of sp³-hybridized carbons (Fsp3) is 0.533. The molecule has 104 valence electrons. The van der Waals surface area contributed by atoms with Crippen molar-refractivity contribution in [3.05, 3.63) is 33.8 Å². The maximum Gasteiger partial charge on any atom is 0.309 e. The summed E-state index contributed by atoms with van der Waals surface area (Å²) in [6.45, 7) is 2.13. The number of benzene rings is 1. The van der Waals surface area contributed by atoms with E-state index in [0.29, 0.717) is 22.4 Å². The van der Waals surface area contributed by atoms with Gasteiger partial charge < -0.3 is 5.11 Å². The summed E-state index contributed by atoms with van der Waals surface area (Å²) in [5, 5.41) is 10.8. The Hall–Kier alpha value is -0.730. The minimum atomic E-state index is -0.704. The molecule has 4 heteroatoms. The molecule has 0 bridgehead atoms. The summed E-state index contributed by atoms with van der Waals surface area (Å²) in [6, 6.07) is 5.29. The van der Waals surface area contributed by atoms with Gasteiger partial charge >= 0.3 is 5.97 Å². The molecule has 2 unspecified atom stereocenters. The standard InChI is InChI=1S/C15H18Cl2O2/c1-10-3-2-6-15(8-10,14(18)19)9-11-4-5-12(16)7-13(11)17/h4-5,7,10H,2-3,6,8-9H2,1H3,(H,18,19). The van der Waals surface area contributed by atoms with Crippen molar-refractivity contribution < 1.29 is 9.90 Å². The van der Waals surface area contributed by atoms with Crippen molar-refractivity contribution in [2.24, 2.45) is 11.3 Å². The first-order chi connectivity index (χ1) is 8.93. The first-order valence-electron chi connectivity index (χ1n) is 6.60. The van der Waals surface area contributed by atoms with Gasteiger partial charge in [0.05, 0.1) is 5.41 Å². The van der Waals surface area contributed by atoms with Gasteiger partial charge in [-0.3, -0.25) is 4.79 Å². The summed E-state index contributed by atoms with van der Waals surface area (Å²) in [6.07, 6.45) is 4.03. The van der Waals surface area contributed by atoms with E-state index >= 15 is 0 Å². The minimum Gasteiger partial charge on any atom is -0.481 e. The average molecular weight is 301 g/mol. The molecule has 0 radical (unpaired) electrons. The van der Waals surface area contributed by atoms with Crippen LogP contribution in [-0.2, 0) is 11.2 Å². The first-order valence-corrected chi connectivity index (χ1v) is 7.36. The van der Waals surface area contributed by atoms with Crippen LogP contribution in [-0.4, -0.2) is 11.1 Å². The van der Waals surface area contributed by atoms with Crippen LogP contribution in [0.1, 0.15) is 38.2 Å². The molecule has 1 aromatic carbocycles. The number of aliphatic carboxylic acids is 1. The van der Waals surface area contributed by atoms with Crippen molar-refractivity contribution >= 4 is 29.2 Å². The Bertz CT molecular complexity index is 487. The second-order valence-corrected chi connectivity index (χ2v) is 6.54. The van der Waals surface area contributed by atoms with Gasteiger partial charge in [0.2, 0.25) is 0 Å². The van der Waals surface area contributed by atoms with Gasteiger partial charge in [0.25, 0.3) is 0 Å². The Balaban J connectivity index is 2.28. The van der Waals surface area contributed by atoms with Crippen LogP contribution < -0.4 is 0 Å². The molecule has 2 rings (SSSR count). The van der Waals surface area contributed by atoms with Crippen molar-refractivity contribution in [2.75, 3.05) is 0 Å². The van der Waals surface area contributed by atoms with Gasteiger partial charge in [0, 0.05) is 10.0 Å². The van der Waals surface area contributed by atoms with E-state index < -0.39 is 11.4 Å². The molecule has 2 atom stereocenters. The van der Waals surface area contributed by atoms with E-state index in [2.05, 4.69) is 6.92 Å². The van der Waals surface area contributed by atoms with E-state index in [1.807, 2.05) is 6.07 Å². The van der Waals surface area contributed by atoms with E-state index in [4.69, 9.17) is 23.2 Å². The van der Waals surface area contributed by atoms with Crippen molar-refractivity contribution in [3.8, 4) is 0 Å². The zero-order chi connectivity index (χ0) is 14.0. The maximum atomic E-state index is 11.7. The van der Waals surface area contributed by atoms with Crippen molar-refractivity contribution in [1.82, 2.24) is 0 Å². The van der Waals surface area contributed by atoms with Gasteiger partial charge in [-0.1, -0.05) is 49.0 Å². The predicted octanol–water partition coefficient (Wildman–Crippen LogP) is 4.82. The van der Waals surface area contributed by atoms with Gasteiger partial charge in [-0.05, 0) is 42.9 Å². The Morgan fingerprint density at radius 1 is 1.47 bits per heavy atom. The highest BCUT2D eigenvalue weighted by atomic mass is 35.5. The molecule has 1 fully saturated rings. The molecule has 0 aliphatic heterocycles. The number of halogens is 2. The number of carbonyl (C=O) groups is 1. The van der Waals surface area contributed by atoms with Gasteiger partial charge in [-0.2, -0.15) is 0 Å². The van der Waals surface area contributed by atoms with Crippen LogP contribution in [0.5, 0.6) is 0 Å². The van der Waals surface area contributed by atoms with Gasteiger partial charge in [0.15, 0.2) is 0 Å². The molecule has 1 aromatic rings. The summed E-state index contributed by atoms with van der Waals surface area (Å²) in [5.41, 5.74) is 0.206. The van der Waals surface area contributed by atoms with Crippen molar-refractivity contribution in [2.45, 2.75) is 39.0 Å². The smallest absolute Gasteiger partial charge is 0.309 e. The Labute approximate surface area is 123 Å². The lowest BCUT2D eigenvalue weighted by Gasteiger charge is -2.36. The van der Waals surface area contributed by atoms with E-state index in [1.165, 1.54) is 0 Å². The molecule has 0 amide bonds. The molecule has 1 saturated carbocycles. The van der Waals surface area contributed by atoms with Crippen LogP contribution in [0.15, 0.2) is 18.2 Å². The molecule has 0 saturated heterocycles. The number of carboxylic acids is 1. The molecule has 1 aliphatic rings. The molecular weight excluding hydrogens is 283 g/mol. The third-order valence-corrected chi connectivity index (χ3v) is 4.68. The van der Waals surface area contributed by atoms with Crippen molar-refractivity contribution in [1.29, 1.82) is 0 Å². The van der Waals surface area contributed by atoms with Crippen molar-refractivity contribution in [3.63, 3.8) is 0 Å². The number of hydrogen-bond donors (Lipinski definition) is 1. The monoisotopic (exact) mass is 300 g/mol. The zero-order valence-electron chi connectivity index (χ0n) is 11.0. The Kier molecular flexibility index (Phi) is 4.42. The van der Waals surface area contributed by atoms with E-state index in [0.717, 1.165) is 31.2 Å². The van der Waals surface area contributed by atoms with E-state index in [9.17, 15) is 9.90 Å². The fourth-order valence-electron chi connectivity index (χ4n) is 3.12.